The van der Waals surface area contributed by atoms with E-state index in [1.54, 1.807) is 35.2 Å². The Bertz CT molecular complexity index is 1090. The Morgan fingerprint density at radius 3 is 2.68 bits per heavy atom. The monoisotopic (exact) mass is 442 g/mol. The van der Waals surface area contributed by atoms with Crippen molar-refractivity contribution >= 4 is 50.3 Å². The number of halogens is 1. The molecule has 0 radical (unpaired) electrons. The van der Waals surface area contributed by atoms with Crippen LogP contribution in [0.25, 0.3) is 11.0 Å². The van der Waals surface area contributed by atoms with Gasteiger partial charge < -0.3 is 10.6 Å². The second-order valence-electron chi connectivity index (χ2n) is 6.82. The molecule has 4 rings (SSSR count). The van der Waals surface area contributed by atoms with Gasteiger partial charge >= 0.3 is 0 Å². The van der Waals surface area contributed by atoms with Gasteiger partial charge in [0.1, 0.15) is 11.5 Å². The number of nitrogens with one attached hydrogen (secondary N) is 2. The van der Waals surface area contributed by atoms with Crippen molar-refractivity contribution in [3.05, 3.63) is 45.4 Å². The number of amides is 1. The lowest BCUT2D eigenvalue weighted by molar-refractivity contribution is -0.114. The van der Waals surface area contributed by atoms with E-state index in [-0.39, 0.29) is 17.5 Å². The molecule has 0 aromatic carbocycles. The van der Waals surface area contributed by atoms with Gasteiger partial charge in [-0.2, -0.15) is 4.98 Å². The zero-order chi connectivity index (χ0) is 19.7. The van der Waals surface area contributed by atoms with Gasteiger partial charge in [0.25, 0.3) is 5.56 Å². The Balaban J connectivity index is 1.69. The van der Waals surface area contributed by atoms with Crippen LogP contribution >= 0.6 is 15.9 Å². The van der Waals surface area contributed by atoms with Gasteiger partial charge in [-0.25, -0.2) is 9.97 Å². The van der Waals surface area contributed by atoms with Crippen LogP contribution < -0.4 is 16.2 Å². The number of hydrogen-bond acceptors (Lipinski definition) is 6. The molecule has 0 unspecified atom stereocenters. The van der Waals surface area contributed by atoms with Crippen molar-refractivity contribution in [2.24, 2.45) is 0 Å². The minimum atomic E-state index is -0.156. The lowest BCUT2D eigenvalue weighted by Gasteiger charge is -2.17. The van der Waals surface area contributed by atoms with E-state index in [0.717, 1.165) is 31.1 Å². The van der Waals surface area contributed by atoms with Gasteiger partial charge in [0.15, 0.2) is 0 Å². The molecule has 8 nitrogen and oxygen atoms in total. The van der Waals surface area contributed by atoms with Crippen LogP contribution in [0.2, 0.25) is 0 Å². The molecule has 1 aliphatic rings. The topological polar surface area (TPSA) is 102 Å². The predicted molar refractivity (Wildman–Crippen MR) is 111 cm³/mol. The Kier molecular flexibility index (Phi) is 5.08. The second-order valence-corrected chi connectivity index (χ2v) is 7.67. The third-order valence-corrected chi connectivity index (χ3v) is 5.31. The van der Waals surface area contributed by atoms with Crippen molar-refractivity contribution in [3.63, 3.8) is 0 Å². The number of carbonyl (C=O) groups is 1. The summed E-state index contributed by atoms with van der Waals surface area (Å²) in [6, 6.07) is 5.38. The Labute approximate surface area is 169 Å². The number of fused-ring (bicyclic) bond motifs is 1. The summed E-state index contributed by atoms with van der Waals surface area (Å²) in [4.78, 5) is 37.1. The van der Waals surface area contributed by atoms with Gasteiger partial charge in [0.2, 0.25) is 11.9 Å². The summed E-state index contributed by atoms with van der Waals surface area (Å²) < 4.78 is 2.30. The van der Waals surface area contributed by atoms with Crippen molar-refractivity contribution in [1.29, 1.82) is 0 Å². The van der Waals surface area contributed by atoms with E-state index in [9.17, 15) is 9.59 Å². The number of nitrogens with zero attached hydrogens (tertiary/aromatic N) is 4. The van der Waals surface area contributed by atoms with E-state index in [1.165, 1.54) is 6.92 Å². The van der Waals surface area contributed by atoms with E-state index in [2.05, 4.69) is 41.5 Å². The summed E-state index contributed by atoms with van der Waals surface area (Å²) in [7, 11) is 0. The number of hydrogen-bond donors (Lipinski definition) is 2. The summed E-state index contributed by atoms with van der Waals surface area (Å²) in [6.45, 7) is 1.44. The van der Waals surface area contributed by atoms with Crippen LogP contribution in [0.4, 0.5) is 17.5 Å². The molecular weight excluding hydrogens is 424 g/mol. The van der Waals surface area contributed by atoms with Gasteiger partial charge in [-0.15, -0.1) is 0 Å². The van der Waals surface area contributed by atoms with E-state index < -0.39 is 0 Å². The molecule has 0 aliphatic heterocycles. The molecule has 1 aliphatic carbocycles. The molecule has 3 aromatic rings. The minimum absolute atomic E-state index is 0.0677. The Hall–Kier alpha value is -2.81. The normalized spacial score (nSPS) is 14.4. The summed E-state index contributed by atoms with van der Waals surface area (Å²) >= 11 is 3.37. The quantitative estimate of drug-likeness (QED) is 0.637. The highest BCUT2D eigenvalue weighted by Crippen LogP contribution is 2.31. The lowest BCUT2D eigenvalue weighted by atomic mass is 10.2. The van der Waals surface area contributed by atoms with Gasteiger partial charge in [-0.3, -0.25) is 14.2 Å². The average Bonchev–Trinajstić information content (AvgIpc) is 3.18. The van der Waals surface area contributed by atoms with Crippen molar-refractivity contribution in [2.45, 2.75) is 38.6 Å². The fourth-order valence-electron chi connectivity index (χ4n) is 3.51. The largest absolute Gasteiger partial charge is 0.325 e. The van der Waals surface area contributed by atoms with Crippen molar-refractivity contribution < 1.29 is 4.79 Å². The average molecular weight is 443 g/mol. The van der Waals surface area contributed by atoms with Crippen molar-refractivity contribution in [1.82, 2.24) is 19.5 Å². The molecule has 1 fully saturated rings. The number of pyridine rings is 2. The molecule has 1 amide bonds. The summed E-state index contributed by atoms with van der Waals surface area (Å²) in [5, 5.41) is 6.53. The Morgan fingerprint density at radius 2 is 2.00 bits per heavy atom. The predicted octanol–water partition coefficient (Wildman–Crippen LogP) is 3.77. The molecular formula is C19H19BrN6O2. The standard InChI is InChI=1S/C19H19BrN6O2/c1-11(27)23-13-6-7-16(21-10-13)24-19-22-9-12-8-15(20)18(28)26(17(12)25-19)14-4-2-3-5-14/h6-10,14H,2-5H2,1H3,(H,23,27)(H,21,22,24,25). The van der Waals surface area contributed by atoms with Crippen LogP contribution in [0.5, 0.6) is 0 Å². The van der Waals surface area contributed by atoms with Crippen LogP contribution in [0.1, 0.15) is 38.6 Å². The first-order valence-corrected chi connectivity index (χ1v) is 9.89. The van der Waals surface area contributed by atoms with Crippen LogP contribution in [0.15, 0.2) is 39.9 Å². The zero-order valence-corrected chi connectivity index (χ0v) is 16.9. The number of aromatic nitrogens is 4. The van der Waals surface area contributed by atoms with Gasteiger partial charge in [-0.05, 0) is 47.0 Å². The second kappa shape index (κ2) is 7.67. The number of carbonyl (C=O) groups excluding carboxylic acids is 1. The van der Waals surface area contributed by atoms with E-state index in [4.69, 9.17) is 0 Å². The lowest BCUT2D eigenvalue weighted by Crippen LogP contribution is -2.25. The van der Waals surface area contributed by atoms with Crippen LogP contribution in [0, 0.1) is 0 Å². The van der Waals surface area contributed by atoms with Gasteiger partial charge in [0.05, 0.1) is 16.4 Å². The molecule has 3 aromatic heterocycles. The summed E-state index contributed by atoms with van der Waals surface area (Å²) in [5.74, 6) is 0.748. The summed E-state index contributed by atoms with van der Waals surface area (Å²) in [6.07, 6.45) is 7.44. The highest BCUT2D eigenvalue weighted by Gasteiger charge is 2.22. The zero-order valence-electron chi connectivity index (χ0n) is 15.3. The first kappa shape index (κ1) is 18.5. The first-order chi connectivity index (χ1) is 13.5. The molecule has 0 spiro atoms. The van der Waals surface area contributed by atoms with Gasteiger partial charge in [0, 0.05) is 24.5 Å². The number of rotatable bonds is 4. The molecule has 0 bridgehead atoms. The fraction of sp³-hybridized carbons (Fsp3) is 0.316. The maximum atomic E-state index is 12.8. The molecule has 28 heavy (non-hydrogen) atoms. The smallest absolute Gasteiger partial charge is 0.266 e. The van der Waals surface area contributed by atoms with E-state index in [0.29, 0.717) is 27.6 Å². The third kappa shape index (κ3) is 3.75. The highest BCUT2D eigenvalue weighted by molar-refractivity contribution is 9.10. The molecule has 3 heterocycles. The van der Waals surface area contributed by atoms with Crippen molar-refractivity contribution in [2.75, 3.05) is 10.6 Å². The highest BCUT2D eigenvalue weighted by atomic mass is 79.9. The minimum Gasteiger partial charge on any atom is -0.325 e. The molecule has 2 N–H and O–H groups in total. The van der Waals surface area contributed by atoms with Crippen LogP contribution in [-0.2, 0) is 4.79 Å². The molecule has 0 atom stereocenters. The molecule has 9 heteroatoms. The SMILES string of the molecule is CC(=O)Nc1ccc(Nc2ncc3cc(Br)c(=O)n(C4CCCC4)c3n2)nc1. The van der Waals surface area contributed by atoms with E-state index in [1.807, 2.05) is 0 Å². The van der Waals surface area contributed by atoms with Crippen molar-refractivity contribution in [3.8, 4) is 0 Å². The fourth-order valence-corrected chi connectivity index (χ4v) is 3.95. The summed E-state index contributed by atoms with van der Waals surface area (Å²) in [5.41, 5.74) is 1.16. The van der Waals surface area contributed by atoms with Crippen LogP contribution in [0.3, 0.4) is 0 Å². The maximum Gasteiger partial charge on any atom is 0.266 e. The number of anilines is 3. The van der Waals surface area contributed by atoms with Gasteiger partial charge in [-0.1, -0.05) is 12.8 Å². The first-order valence-electron chi connectivity index (χ1n) is 9.10. The van der Waals surface area contributed by atoms with Crippen LogP contribution in [-0.4, -0.2) is 25.4 Å². The van der Waals surface area contributed by atoms with E-state index >= 15 is 0 Å². The maximum absolute atomic E-state index is 12.8. The Morgan fingerprint density at radius 1 is 1.21 bits per heavy atom. The molecule has 144 valence electrons. The third-order valence-electron chi connectivity index (χ3n) is 4.74. The molecule has 1 saturated carbocycles. The molecule has 0 saturated heterocycles.